The lowest BCUT2D eigenvalue weighted by molar-refractivity contribution is -0.157. The first-order valence-corrected chi connectivity index (χ1v) is 7.51. The Bertz CT molecular complexity index is 392. The Morgan fingerprint density at radius 1 is 1.20 bits per heavy atom. The summed E-state index contributed by atoms with van der Waals surface area (Å²) in [5.74, 6) is -0.745. The third kappa shape index (κ3) is 3.02. The van der Waals surface area contributed by atoms with Crippen LogP contribution >= 0.6 is 0 Å². The molecular formula is C15H23NO4. The number of rotatable bonds is 3. The standard InChI is InChI=1S/C15H23NO4/c1-11-6-8-15(9-7-11,14(19)20)10-16-12(17)4-2-3-5-13(16)18/h11H,2-10H2,1H3,(H,19,20). The maximum atomic E-state index is 12.0. The number of carboxylic acid groups (broad SMARTS) is 1. The molecule has 2 fully saturated rings. The third-order valence-corrected chi connectivity index (χ3v) is 4.78. The lowest BCUT2D eigenvalue weighted by Gasteiger charge is -2.38. The van der Waals surface area contributed by atoms with Crippen molar-refractivity contribution in [3.63, 3.8) is 0 Å². The molecule has 0 aromatic rings. The highest BCUT2D eigenvalue weighted by Crippen LogP contribution is 2.40. The zero-order chi connectivity index (χ0) is 14.8. The average Bonchev–Trinajstić information content (AvgIpc) is 2.56. The lowest BCUT2D eigenvalue weighted by atomic mass is 9.70. The van der Waals surface area contributed by atoms with Gasteiger partial charge in [-0.25, -0.2) is 0 Å². The van der Waals surface area contributed by atoms with Crippen molar-refractivity contribution in [1.82, 2.24) is 4.90 Å². The molecule has 1 aliphatic heterocycles. The van der Waals surface area contributed by atoms with E-state index in [4.69, 9.17) is 0 Å². The van der Waals surface area contributed by atoms with E-state index >= 15 is 0 Å². The molecule has 5 heteroatoms. The zero-order valence-electron chi connectivity index (χ0n) is 12.1. The number of nitrogens with zero attached hydrogens (tertiary/aromatic N) is 1. The van der Waals surface area contributed by atoms with Crippen LogP contribution in [-0.2, 0) is 14.4 Å². The average molecular weight is 281 g/mol. The fourth-order valence-corrected chi connectivity index (χ4v) is 3.19. The summed E-state index contributed by atoms with van der Waals surface area (Å²) in [5.41, 5.74) is -0.928. The molecule has 1 saturated carbocycles. The topological polar surface area (TPSA) is 74.7 Å². The van der Waals surface area contributed by atoms with Crippen molar-refractivity contribution in [2.24, 2.45) is 11.3 Å². The van der Waals surface area contributed by atoms with Crippen LogP contribution < -0.4 is 0 Å². The van der Waals surface area contributed by atoms with E-state index in [2.05, 4.69) is 6.92 Å². The van der Waals surface area contributed by atoms with Crippen molar-refractivity contribution in [3.8, 4) is 0 Å². The number of amides is 2. The highest BCUT2D eigenvalue weighted by atomic mass is 16.4. The highest BCUT2D eigenvalue weighted by molar-refractivity contribution is 5.96. The molecule has 0 bridgehead atoms. The predicted octanol–water partition coefficient (Wildman–Crippen LogP) is 2.20. The molecule has 1 aliphatic carbocycles. The second kappa shape index (κ2) is 5.94. The molecule has 1 N–H and O–H groups in total. The van der Waals surface area contributed by atoms with Crippen LogP contribution in [0.15, 0.2) is 0 Å². The molecule has 20 heavy (non-hydrogen) atoms. The van der Waals surface area contributed by atoms with Gasteiger partial charge < -0.3 is 5.11 Å². The second-order valence-corrected chi connectivity index (χ2v) is 6.35. The summed E-state index contributed by atoms with van der Waals surface area (Å²) in [7, 11) is 0. The van der Waals surface area contributed by atoms with Gasteiger partial charge >= 0.3 is 5.97 Å². The van der Waals surface area contributed by atoms with Crippen molar-refractivity contribution < 1.29 is 19.5 Å². The monoisotopic (exact) mass is 281 g/mol. The van der Waals surface area contributed by atoms with Crippen molar-refractivity contribution in [2.75, 3.05) is 6.54 Å². The van der Waals surface area contributed by atoms with Gasteiger partial charge in [0.05, 0.1) is 5.41 Å². The molecule has 2 aliphatic rings. The molecule has 2 amide bonds. The van der Waals surface area contributed by atoms with E-state index in [-0.39, 0.29) is 18.4 Å². The summed E-state index contributed by atoms with van der Waals surface area (Å²) in [5, 5.41) is 9.60. The van der Waals surface area contributed by atoms with Crippen molar-refractivity contribution >= 4 is 17.8 Å². The maximum absolute atomic E-state index is 12.0. The number of hydrogen-bond acceptors (Lipinski definition) is 3. The molecule has 1 heterocycles. The Hall–Kier alpha value is -1.39. The first-order valence-electron chi connectivity index (χ1n) is 7.51. The van der Waals surface area contributed by atoms with E-state index in [1.807, 2.05) is 0 Å². The molecule has 0 atom stereocenters. The van der Waals surface area contributed by atoms with Gasteiger partial charge in [0.1, 0.15) is 0 Å². The number of carboxylic acids is 1. The smallest absolute Gasteiger partial charge is 0.311 e. The van der Waals surface area contributed by atoms with E-state index < -0.39 is 11.4 Å². The number of carbonyl (C=O) groups excluding carboxylic acids is 2. The molecule has 0 radical (unpaired) electrons. The Morgan fingerprint density at radius 2 is 1.70 bits per heavy atom. The number of aliphatic carboxylic acids is 1. The Morgan fingerprint density at radius 3 is 2.15 bits per heavy atom. The summed E-state index contributed by atoms with van der Waals surface area (Å²) < 4.78 is 0. The minimum absolute atomic E-state index is 0.0622. The van der Waals surface area contributed by atoms with Crippen LogP contribution in [0.25, 0.3) is 0 Å². The summed E-state index contributed by atoms with van der Waals surface area (Å²) >= 11 is 0. The SMILES string of the molecule is CC1CCC(CN2C(=O)CCCCC2=O)(C(=O)O)CC1. The van der Waals surface area contributed by atoms with E-state index in [1.165, 1.54) is 4.90 Å². The summed E-state index contributed by atoms with van der Waals surface area (Å²) in [4.78, 5) is 37.0. The first-order chi connectivity index (χ1) is 9.44. The Balaban J connectivity index is 2.16. The molecule has 0 aromatic heterocycles. The Kier molecular flexibility index (Phi) is 4.45. The van der Waals surface area contributed by atoms with E-state index in [9.17, 15) is 19.5 Å². The van der Waals surface area contributed by atoms with E-state index in [0.717, 1.165) is 25.7 Å². The van der Waals surface area contributed by atoms with Crippen molar-refractivity contribution in [2.45, 2.75) is 58.3 Å². The van der Waals surface area contributed by atoms with E-state index in [0.29, 0.717) is 31.6 Å². The molecular weight excluding hydrogens is 258 g/mol. The van der Waals surface area contributed by atoms with Gasteiger partial charge in [-0.3, -0.25) is 19.3 Å². The van der Waals surface area contributed by atoms with Gasteiger partial charge in [0.15, 0.2) is 0 Å². The zero-order valence-corrected chi connectivity index (χ0v) is 12.1. The molecule has 2 rings (SSSR count). The van der Waals surface area contributed by atoms with Crippen LogP contribution in [0.3, 0.4) is 0 Å². The normalized spacial score (nSPS) is 32.0. The summed E-state index contributed by atoms with van der Waals surface area (Å²) in [6.45, 7) is 2.18. The van der Waals surface area contributed by atoms with Crippen LogP contribution in [0.4, 0.5) is 0 Å². The first kappa shape index (κ1) is 15.0. The number of imide groups is 1. The lowest BCUT2D eigenvalue weighted by Crippen LogP contribution is -2.49. The third-order valence-electron chi connectivity index (χ3n) is 4.78. The van der Waals surface area contributed by atoms with Gasteiger partial charge in [-0.15, -0.1) is 0 Å². The fraction of sp³-hybridized carbons (Fsp3) is 0.800. The maximum Gasteiger partial charge on any atom is 0.311 e. The molecule has 0 spiro atoms. The van der Waals surface area contributed by atoms with Crippen LogP contribution in [0.5, 0.6) is 0 Å². The van der Waals surface area contributed by atoms with Crippen LogP contribution in [0.1, 0.15) is 58.3 Å². The van der Waals surface area contributed by atoms with Gasteiger partial charge in [0.2, 0.25) is 11.8 Å². The number of hydrogen-bond donors (Lipinski definition) is 1. The minimum Gasteiger partial charge on any atom is -0.481 e. The fourth-order valence-electron chi connectivity index (χ4n) is 3.19. The second-order valence-electron chi connectivity index (χ2n) is 6.35. The number of likely N-dealkylation sites (tertiary alicyclic amines) is 1. The number of carbonyl (C=O) groups is 3. The predicted molar refractivity (Wildman–Crippen MR) is 72.9 cm³/mol. The van der Waals surface area contributed by atoms with E-state index in [1.54, 1.807) is 0 Å². The van der Waals surface area contributed by atoms with Gasteiger partial charge in [0, 0.05) is 19.4 Å². The van der Waals surface area contributed by atoms with Crippen molar-refractivity contribution in [1.29, 1.82) is 0 Å². The van der Waals surface area contributed by atoms with Gasteiger partial charge in [-0.1, -0.05) is 6.92 Å². The van der Waals surface area contributed by atoms with Gasteiger partial charge in [0.25, 0.3) is 0 Å². The van der Waals surface area contributed by atoms with Crippen LogP contribution in [0, 0.1) is 11.3 Å². The summed E-state index contributed by atoms with van der Waals surface area (Å²) in [6.07, 6.45) is 4.97. The molecule has 0 aromatic carbocycles. The minimum atomic E-state index is -0.928. The Labute approximate surface area is 119 Å². The molecule has 112 valence electrons. The quantitative estimate of drug-likeness (QED) is 0.805. The highest BCUT2D eigenvalue weighted by Gasteiger charge is 2.44. The summed E-state index contributed by atoms with van der Waals surface area (Å²) in [6, 6.07) is 0. The van der Waals surface area contributed by atoms with Gasteiger partial charge in [-0.05, 0) is 44.4 Å². The van der Waals surface area contributed by atoms with Crippen molar-refractivity contribution in [3.05, 3.63) is 0 Å². The van der Waals surface area contributed by atoms with Crippen LogP contribution in [0.2, 0.25) is 0 Å². The molecule has 0 unspecified atom stereocenters. The van der Waals surface area contributed by atoms with Crippen LogP contribution in [-0.4, -0.2) is 34.3 Å². The molecule has 1 saturated heterocycles. The van der Waals surface area contributed by atoms with Gasteiger partial charge in [-0.2, -0.15) is 0 Å². The molecule has 5 nitrogen and oxygen atoms in total. The largest absolute Gasteiger partial charge is 0.481 e.